The van der Waals surface area contributed by atoms with Crippen LogP contribution in [-0.2, 0) is 4.74 Å². The van der Waals surface area contributed by atoms with Gasteiger partial charge in [0.15, 0.2) is 0 Å². The van der Waals surface area contributed by atoms with Gasteiger partial charge < -0.3 is 10.1 Å². The average molecular weight is 332 g/mol. The van der Waals surface area contributed by atoms with E-state index < -0.39 is 0 Å². The first-order valence-corrected chi connectivity index (χ1v) is 7.77. The van der Waals surface area contributed by atoms with Crippen LogP contribution < -0.4 is 5.32 Å². The van der Waals surface area contributed by atoms with Crippen LogP contribution in [0.2, 0.25) is 0 Å². The summed E-state index contributed by atoms with van der Waals surface area (Å²) in [6, 6.07) is 19.0. The van der Waals surface area contributed by atoms with Gasteiger partial charge in [0, 0.05) is 23.5 Å². The van der Waals surface area contributed by atoms with Crippen molar-refractivity contribution in [3.05, 3.63) is 70.2 Å². The molecule has 0 amide bonds. The number of hydrogen-bond donors (Lipinski definition) is 1. The van der Waals surface area contributed by atoms with E-state index in [4.69, 9.17) is 4.74 Å². The molecule has 0 bridgehead atoms. The summed E-state index contributed by atoms with van der Waals surface area (Å²) in [6.45, 7) is 2.60. The normalized spacial score (nSPS) is 20.6. The molecule has 2 aromatic carbocycles. The third-order valence-corrected chi connectivity index (χ3v) is 4.45. The third-order valence-electron chi connectivity index (χ3n) is 3.73. The lowest BCUT2D eigenvalue weighted by atomic mass is 9.86. The van der Waals surface area contributed by atoms with Crippen molar-refractivity contribution in [1.29, 1.82) is 0 Å². The summed E-state index contributed by atoms with van der Waals surface area (Å²) < 4.78 is 7.16. The number of morpholine rings is 1. The fourth-order valence-corrected chi connectivity index (χ4v) is 3.31. The Morgan fingerprint density at radius 1 is 1.05 bits per heavy atom. The van der Waals surface area contributed by atoms with Gasteiger partial charge in [-0.15, -0.1) is 0 Å². The SMILES string of the molecule is Brc1ccccc1C(c1ccccc1)[C@@H]1CNCCO1. The smallest absolute Gasteiger partial charge is 0.0809 e. The maximum atomic E-state index is 6.02. The van der Waals surface area contributed by atoms with Gasteiger partial charge >= 0.3 is 0 Å². The highest BCUT2D eigenvalue weighted by Crippen LogP contribution is 2.34. The lowest BCUT2D eigenvalue weighted by Crippen LogP contribution is -2.42. The van der Waals surface area contributed by atoms with Gasteiger partial charge in [-0.2, -0.15) is 0 Å². The molecule has 3 heteroatoms. The monoisotopic (exact) mass is 331 g/mol. The summed E-state index contributed by atoms with van der Waals surface area (Å²) in [4.78, 5) is 0. The molecule has 0 saturated carbocycles. The van der Waals surface area contributed by atoms with E-state index in [1.807, 2.05) is 0 Å². The molecule has 1 fully saturated rings. The zero-order valence-electron chi connectivity index (χ0n) is 11.3. The van der Waals surface area contributed by atoms with Crippen molar-refractivity contribution >= 4 is 15.9 Å². The largest absolute Gasteiger partial charge is 0.375 e. The van der Waals surface area contributed by atoms with E-state index in [2.05, 4.69) is 75.8 Å². The van der Waals surface area contributed by atoms with Crippen molar-refractivity contribution in [2.75, 3.05) is 19.7 Å². The Hall–Kier alpha value is -1.16. The average Bonchev–Trinajstić information content (AvgIpc) is 2.52. The van der Waals surface area contributed by atoms with Crippen LogP contribution in [0.15, 0.2) is 59.1 Å². The van der Waals surface area contributed by atoms with Crippen molar-refractivity contribution < 1.29 is 4.74 Å². The molecule has 2 nitrogen and oxygen atoms in total. The second-order valence-electron chi connectivity index (χ2n) is 5.02. The standard InChI is InChI=1S/C17H18BrNO/c18-15-9-5-4-8-14(15)17(13-6-2-1-3-7-13)16-12-19-10-11-20-16/h1-9,16-17,19H,10-12H2/t16-,17?/m0/s1. The molecular formula is C17H18BrNO. The van der Waals surface area contributed by atoms with E-state index in [0.29, 0.717) is 0 Å². The molecule has 1 unspecified atom stereocenters. The van der Waals surface area contributed by atoms with Gasteiger partial charge in [0.05, 0.1) is 12.7 Å². The van der Waals surface area contributed by atoms with Crippen molar-refractivity contribution in [3.63, 3.8) is 0 Å². The van der Waals surface area contributed by atoms with E-state index in [0.717, 1.165) is 24.2 Å². The number of rotatable bonds is 3. The van der Waals surface area contributed by atoms with Crippen LogP contribution in [0, 0.1) is 0 Å². The van der Waals surface area contributed by atoms with Gasteiger partial charge in [-0.3, -0.25) is 0 Å². The van der Waals surface area contributed by atoms with Gasteiger partial charge in [0.1, 0.15) is 0 Å². The number of benzene rings is 2. The molecule has 0 spiro atoms. The van der Waals surface area contributed by atoms with Crippen LogP contribution >= 0.6 is 15.9 Å². The lowest BCUT2D eigenvalue weighted by Gasteiger charge is -2.32. The molecule has 1 N–H and O–H groups in total. The summed E-state index contributed by atoms with van der Waals surface area (Å²) >= 11 is 3.68. The second-order valence-corrected chi connectivity index (χ2v) is 5.88. The Kier molecular flexibility index (Phi) is 4.51. The summed E-state index contributed by atoms with van der Waals surface area (Å²) in [5, 5.41) is 3.43. The topological polar surface area (TPSA) is 21.3 Å². The quantitative estimate of drug-likeness (QED) is 0.928. The maximum absolute atomic E-state index is 6.02. The summed E-state index contributed by atoms with van der Waals surface area (Å²) in [5.74, 6) is 0.250. The van der Waals surface area contributed by atoms with Crippen molar-refractivity contribution in [3.8, 4) is 0 Å². The number of nitrogens with one attached hydrogen (secondary N) is 1. The Balaban J connectivity index is 2.01. The molecule has 3 rings (SSSR count). The first-order chi connectivity index (χ1) is 9.86. The Bertz CT molecular complexity index is 552. The summed E-state index contributed by atoms with van der Waals surface area (Å²) in [5.41, 5.74) is 2.58. The highest BCUT2D eigenvalue weighted by molar-refractivity contribution is 9.10. The first-order valence-electron chi connectivity index (χ1n) is 6.98. The van der Waals surface area contributed by atoms with Gasteiger partial charge in [-0.25, -0.2) is 0 Å². The van der Waals surface area contributed by atoms with Crippen molar-refractivity contribution in [1.82, 2.24) is 5.32 Å². The predicted molar refractivity (Wildman–Crippen MR) is 85.0 cm³/mol. The van der Waals surface area contributed by atoms with E-state index in [1.54, 1.807) is 0 Å². The van der Waals surface area contributed by atoms with Crippen LogP contribution in [0.5, 0.6) is 0 Å². The number of halogens is 1. The van der Waals surface area contributed by atoms with Crippen molar-refractivity contribution in [2.24, 2.45) is 0 Å². The molecule has 0 radical (unpaired) electrons. The van der Waals surface area contributed by atoms with Crippen LogP contribution in [0.1, 0.15) is 17.0 Å². The molecule has 0 aromatic heterocycles. The van der Waals surface area contributed by atoms with E-state index in [-0.39, 0.29) is 12.0 Å². The van der Waals surface area contributed by atoms with Crippen LogP contribution in [0.3, 0.4) is 0 Å². The van der Waals surface area contributed by atoms with Gasteiger partial charge in [0.2, 0.25) is 0 Å². The lowest BCUT2D eigenvalue weighted by molar-refractivity contribution is 0.0186. The van der Waals surface area contributed by atoms with Crippen molar-refractivity contribution in [2.45, 2.75) is 12.0 Å². The highest BCUT2D eigenvalue weighted by Gasteiger charge is 2.28. The van der Waals surface area contributed by atoms with Crippen LogP contribution in [0.4, 0.5) is 0 Å². The van der Waals surface area contributed by atoms with Crippen LogP contribution in [0.25, 0.3) is 0 Å². The molecule has 1 heterocycles. The molecule has 1 saturated heterocycles. The number of ether oxygens (including phenoxy) is 1. The number of hydrogen-bond acceptors (Lipinski definition) is 2. The summed E-state index contributed by atoms with van der Waals surface area (Å²) in [6.07, 6.45) is 0.171. The van der Waals surface area contributed by atoms with Gasteiger partial charge in [-0.1, -0.05) is 64.5 Å². The highest BCUT2D eigenvalue weighted by atomic mass is 79.9. The Labute approximate surface area is 128 Å². The molecular weight excluding hydrogens is 314 g/mol. The van der Waals surface area contributed by atoms with E-state index in [1.165, 1.54) is 11.1 Å². The predicted octanol–water partition coefficient (Wildman–Crippen LogP) is 3.57. The Morgan fingerprint density at radius 3 is 2.50 bits per heavy atom. The zero-order valence-corrected chi connectivity index (χ0v) is 12.8. The fraction of sp³-hybridized carbons (Fsp3) is 0.294. The molecule has 2 aromatic rings. The minimum absolute atomic E-state index is 0.171. The Morgan fingerprint density at radius 2 is 1.80 bits per heavy atom. The first kappa shape index (κ1) is 13.8. The zero-order chi connectivity index (χ0) is 13.8. The molecule has 0 aliphatic carbocycles. The molecule has 1 aliphatic rings. The van der Waals surface area contributed by atoms with Gasteiger partial charge in [0.25, 0.3) is 0 Å². The summed E-state index contributed by atoms with van der Waals surface area (Å²) in [7, 11) is 0. The third kappa shape index (κ3) is 2.95. The molecule has 20 heavy (non-hydrogen) atoms. The van der Waals surface area contributed by atoms with Crippen LogP contribution in [-0.4, -0.2) is 25.8 Å². The van der Waals surface area contributed by atoms with Gasteiger partial charge in [-0.05, 0) is 17.2 Å². The second kappa shape index (κ2) is 6.53. The molecule has 1 aliphatic heterocycles. The minimum Gasteiger partial charge on any atom is -0.375 e. The maximum Gasteiger partial charge on any atom is 0.0809 e. The molecule has 2 atom stereocenters. The fourth-order valence-electron chi connectivity index (χ4n) is 2.78. The van der Waals surface area contributed by atoms with E-state index in [9.17, 15) is 0 Å². The molecule has 104 valence electrons. The van der Waals surface area contributed by atoms with E-state index >= 15 is 0 Å². The minimum atomic E-state index is 0.171.